The molecule has 1 aromatic rings. The molecule has 0 bridgehead atoms. The Labute approximate surface area is 162 Å². The van der Waals surface area contributed by atoms with Crippen LogP contribution in [0.3, 0.4) is 0 Å². The molecule has 8 nitrogen and oxygen atoms in total. The summed E-state index contributed by atoms with van der Waals surface area (Å²) in [6.07, 6.45) is 3.65. The van der Waals surface area contributed by atoms with Crippen molar-refractivity contribution in [3.05, 3.63) is 29.3 Å². The van der Waals surface area contributed by atoms with Gasteiger partial charge >= 0.3 is 0 Å². The molecule has 8 heteroatoms. The van der Waals surface area contributed by atoms with Crippen molar-refractivity contribution in [2.45, 2.75) is 43.7 Å². The number of carbonyl (C=O) groups excluding carboxylic acids is 4. The van der Waals surface area contributed by atoms with Crippen molar-refractivity contribution in [1.29, 1.82) is 0 Å². The molecule has 1 aromatic carbocycles. The number of amides is 4. The third-order valence-corrected chi connectivity index (χ3v) is 6.61. The molecular weight excluding hydrogens is 360 g/mol. The van der Waals surface area contributed by atoms with Gasteiger partial charge in [-0.2, -0.15) is 0 Å². The Morgan fingerprint density at radius 3 is 2.32 bits per heavy atom. The van der Waals surface area contributed by atoms with E-state index < -0.39 is 23.8 Å². The summed E-state index contributed by atoms with van der Waals surface area (Å²) in [4.78, 5) is 52.5. The van der Waals surface area contributed by atoms with E-state index >= 15 is 0 Å². The molecule has 146 valence electrons. The van der Waals surface area contributed by atoms with Crippen LogP contribution in [-0.4, -0.2) is 59.7 Å². The Balaban J connectivity index is 1.37. The van der Waals surface area contributed by atoms with Crippen molar-refractivity contribution in [3.8, 4) is 0 Å². The number of nitrogens with zero attached hydrogens (tertiary/aromatic N) is 2. The minimum Gasteiger partial charge on any atom is -0.371 e. The van der Waals surface area contributed by atoms with Crippen molar-refractivity contribution in [2.75, 3.05) is 24.5 Å². The highest BCUT2D eigenvalue weighted by Gasteiger charge is 2.45. The molecule has 1 atom stereocenters. The first-order valence-electron chi connectivity index (χ1n) is 9.83. The molecule has 4 aliphatic heterocycles. The standard InChI is InChI=1S/C20H22N4O4/c25-16-4-3-15(17(26)22-16)24-18(27)13-2-1-12(11-14(13)19(24)28)23-9-6-20(7-10-23)5-8-21-20/h1-2,11,15,21H,3-10H2,(H,22,25,26). The minimum absolute atomic E-state index is 0.124. The zero-order chi connectivity index (χ0) is 19.5. The molecule has 2 N–H and O–H groups in total. The van der Waals surface area contributed by atoms with Gasteiger partial charge in [0.05, 0.1) is 11.1 Å². The monoisotopic (exact) mass is 382 g/mol. The molecule has 0 aliphatic carbocycles. The Morgan fingerprint density at radius 1 is 0.964 bits per heavy atom. The molecule has 28 heavy (non-hydrogen) atoms. The predicted octanol–water partition coefficient (Wildman–Crippen LogP) is 0.420. The lowest BCUT2D eigenvalue weighted by atomic mass is 9.79. The number of anilines is 1. The zero-order valence-corrected chi connectivity index (χ0v) is 15.5. The maximum absolute atomic E-state index is 12.9. The molecule has 4 amide bonds. The van der Waals surface area contributed by atoms with Gasteiger partial charge in [-0.3, -0.25) is 29.4 Å². The van der Waals surface area contributed by atoms with Gasteiger partial charge in [-0.05, 0) is 50.4 Å². The van der Waals surface area contributed by atoms with E-state index in [4.69, 9.17) is 0 Å². The first-order chi connectivity index (χ1) is 13.5. The predicted molar refractivity (Wildman–Crippen MR) is 99.9 cm³/mol. The number of imide groups is 2. The Bertz CT molecular complexity index is 897. The third kappa shape index (κ3) is 2.55. The summed E-state index contributed by atoms with van der Waals surface area (Å²) >= 11 is 0. The van der Waals surface area contributed by atoms with Gasteiger partial charge in [0, 0.05) is 30.7 Å². The average Bonchev–Trinajstić information content (AvgIpc) is 2.91. The second kappa shape index (κ2) is 6.13. The zero-order valence-electron chi connectivity index (χ0n) is 15.5. The Morgan fingerprint density at radius 2 is 1.68 bits per heavy atom. The van der Waals surface area contributed by atoms with E-state index in [0.29, 0.717) is 16.7 Å². The molecule has 5 rings (SSSR count). The second-order valence-corrected chi connectivity index (χ2v) is 8.12. The lowest BCUT2D eigenvalue weighted by Crippen LogP contribution is -2.61. The summed E-state index contributed by atoms with van der Waals surface area (Å²) in [6, 6.07) is 4.41. The van der Waals surface area contributed by atoms with E-state index in [1.54, 1.807) is 12.1 Å². The van der Waals surface area contributed by atoms with E-state index in [0.717, 1.165) is 43.1 Å². The third-order valence-electron chi connectivity index (χ3n) is 6.61. The van der Waals surface area contributed by atoms with Gasteiger partial charge in [0.25, 0.3) is 11.8 Å². The minimum atomic E-state index is -0.923. The fraction of sp³-hybridized carbons (Fsp3) is 0.500. The molecular formula is C20H22N4O4. The van der Waals surface area contributed by atoms with Gasteiger partial charge in [-0.15, -0.1) is 0 Å². The molecule has 4 heterocycles. The fourth-order valence-electron chi connectivity index (χ4n) is 4.75. The number of hydrogen-bond donors (Lipinski definition) is 2. The van der Waals surface area contributed by atoms with Crippen molar-refractivity contribution in [3.63, 3.8) is 0 Å². The lowest BCUT2D eigenvalue weighted by Gasteiger charge is -2.49. The molecule has 3 fully saturated rings. The molecule has 0 radical (unpaired) electrons. The largest absolute Gasteiger partial charge is 0.371 e. The number of carbonyl (C=O) groups is 4. The van der Waals surface area contributed by atoms with Crippen LogP contribution in [0.4, 0.5) is 5.69 Å². The average molecular weight is 382 g/mol. The van der Waals surface area contributed by atoms with E-state index in [-0.39, 0.29) is 18.7 Å². The number of nitrogens with one attached hydrogen (secondary N) is 2. The summed E-state index contributed by atoms with van der Waals surface area (Å²) < 4.78 is 0. The quantitative estimate of drug-likeness (QED) is 0.720. The van der Waals surface area contributed by atoms with Crippen LogP contribution in [0.1, 0.15) is 52.8 Å². The number of rotatable bonds is 2. The van der Waals surface area contributed by atoms with Crippen molar-refractivity contribution < 1.29 is 19.2 Å². The van der Waals surface area contributed by atoms with Gasteiger partial charge < -0.3 is 10.2 Å². The Hall–Kier alpha value is -2.74. The van der Waals surface area contributed by atoms with E-state index in [1.807, 2.05) is 6.07 Å². The highest BCUT2D eigenvalue weighted by molar-refractivity contribution is 6.23. The summed E-state index contributed by atoms with van der Waals surface area (Å²) in [7, 11) is 0. The van der Waals surface area contributed by atoms with Crippen LogP contribution in [0.5, 0.6) is 0 Å². The highest BCUT2D eigenvalue weighted by atomic mass is 16.2. The molecule has 3 saturated heterocycles. The summed E-state index contributed by atoms with van der Waals surface area (Å²) in [5, 5.41) is 5.76. The van der Waals surface area contributed by atoms with Crippen LogP contribution in [0, 0.1) is 0 Å². The molecule has 4 aliphatic rings. The number of benzene rings is 1. The molecule has 0 aromatic heterocycles. The van der Waals surface area contributed by atoms with Gasteiger partial charge in [0.15, 0.2) is 0 Å². The normalized spacial score (nSPS) is 26.4. The first kappa shape index (κ1) is 17.4. The van der Waals surface area contributed by atoms with Crippen molar-refractivity contribution >= 4 is 29.3 Å². The van der Waals surface area contributed by atoms with Crippen LogP contribution in [-0.2, 0) is 9.59 Å². The maximum atomic E-state index is 12.9. The first-order valence-corrected chi connectivity index (χ1v) is 9.83. The second-order valence-electron chi connectivity index (χ2n) is 8.12. The number of fused-ring (bicyclic) bond motifs is 1. The van der Waals surface area contributed by atoms with Crippen LogP contribution in [0.2, 0.25) is 0 Å². The summed E-state index contributed by atoms with van der Waals surface area (Å²) in [5.41, 5.74) is 1.89. The molecule has 0 saturated carbocycles. The Kier molecular flexibility index (Phi) is 3.80. The van der Waals surface area contributed by atoms with E-state index in [2.05, 4.69) is 15.5 Å². The highest BCUT2D eigenvalue weighted by Crippen LogP contribution is 2.35. The lowest BCUT2D eigenvalue weighted by molar-refractivity contribution is -0.136. The van der Waals surface area contributed by atoms with Crippen LogP contribution >= 0.6 is 0 Å². The van der Waals surface area contributed by atoms with E-state index in [9.17, 15) is 19.2 Å². The van der Waals surface area contributed by atoms with Gasteiger partial charge in [0.2, 0.25) is 11.8 Å². The maximum Gasteiger partial charge on any atom is 0.262 e. The molecule has 1 spiro atoms. The van der Waals surface area contributed by atoms with Crippen molar-refractivity contribution in [1.82, 2.24) is 15.5 Å². The van der Waals surface area contributed by atoms with Crippen LogP contribution < -0.4 is 15.5 Å². The van der Waals surface area contributed by atoms with Crippen LogP contribution in [0.15, 0.2) is 18.2 Å². The summed E-state index contributed by atoms with van der Waals surface area (Å²) in [5.74, 6) is -1.87. The fourth-order valence-corrected chi connectivity index (χ4v) is 4.75. The van der Waals surface area contributed by atoms with Crippen molar-refractivity contribution in [2.24, 2.45) is 0 Å². The van der Waals surface area contributed by atoms with Crippen LogP contribution in [0.25, 0.3) is 0 Å². The topological polar surface area (TPSA) is 98.8 Å². The SMILES string of the molecule is O=C1CCC(N2C(=O)c3ccc(N4CCC5(CCN5)CC4)cc3C2=O)C(=O)N1. The van der Waals surface area contributed by atoms with Gasteiger partial charge in [-0.1, -0.05) is 0 Å². The smallest absolute Gasteiger partial charge is 0.262 e. The summed E-state index contributed by atoms with van der Waals surface area (Å²) in [6.45, 7) is 2.90. The number of piperidine rings is 2. The van der Waals surface area contributed by atoms with Gasteiger partial charge in [0.1, 0.15) is 6.04 Å². The molecule has 1 unspecified atom stereocenters. The number of hydrogen-bond acceptors (Lipinski definition) is 6. The van der Waals surface area contributed by atoms with E-state index in [1.165, 1.54) is 6.42 Å². The van der Waals surface area contributed by atoms with Gasteiger partial charge in [-0.25, -0.2) is 0 Å².